The van der Waals surface area contributed by atoms with Crippen LogP contribution in [0.3, 0.4) is 0 Å². The Balaban J connectivity index is 2.26. The Hall–Kier alpha value is -2.74. The smallest absolute Gasteiger partial charge is 0.271 e. The van der Waals surface area contributed by atoms with Crippen molar-refractivity contribution < 1.29 is 23.7 Å². The average molecular weight is 465 g/mol. The lowest BCUT2D eigenvalue weighted by atomic mass is 10.1. The fourth-order valence-electron chi connectivity index (χ4n) is 2.55. The minimum Gasteiger partial charge on any atom is -0.496 e. The number of rotatable bonds is 10. The third-order valence-corrected chi connectivity index (χ3v) is 4.23. The molecule has 0 saturated carbocycles. The molecule has 8 heteroatoms. The summed E-state index contributed by atoms with van der Waals surface area (Å²) >= 11 is 3.40. The second-order valence-electron chi connectivity index (χ2n) is 5.69. The van der Waals surface area contributed by atoms with Crippen LogP contribution in [-0.4, -0.2) is 39.1 Å². The molecule has 0 aliphatic rings. The highest BCUT2D eigenvalue weighted by Gasteiger charge is 2.18. The van der Waals surface area contributed by atoms with Crippen molar-refractivity contribution in [3.05, 3.63) is 45.9 Å². The van der Waals surface area contributed by atoms with Gasteiger partial charge in [0.15, 0.2) is 11.5 Å². The maximum atomic E-state index is 12.6. The molecule has 1 amide bonds. The number of nitrogens with zero attached hydrogens (tertiary/aromatic N) is 1. The van der Waals surface area contributed by atoms with Crippen LogP contribution in [0.1, 0.15) is 36.7 Å². The normalized spacial score (nSPS) is 10.7. The monoisotopic (exact) mass is 464 g/mol. The molecule has 29 heavy (non-hydrogen) atoms. The van der Waals surface area contributed by atoms with Crippen LogP contribution >= 0.6 is 15.9 Å². The molecule has 0 fully saturated rings. The fourth-order valence-corrected chi connectivity index (χ4v) is 2.93. The summed E-state index contributed by atoms with van der Waals surface area (Å²) in [7, 11) is 1.57. The molecule has 0 heterocycles. The van der Waals surface area contributed by atoms with E-state index in [9.17, 15) is 4.79 Å². The van der Waals surface area contributed by atoms with E-state index >= 15 is 0 Å². The molecule has 0 spiro atoms. The van der Waals surface area contributed by atoms with E-state index < -0.39 is 5.91 Å². The van der Waals surface area contributed by atoms with Crippen molar-refractivity contribution in [2.75, 3.05) is 26.9 Å². The predicted octanol–water partition coefficient (Wildman–Crippen LogP) is 4.42. The highest BCUT2D eigenvalue weighted by atomic mass is 79.9. The average Bonchev–Trinajstić information content (AvgIpc) is 2.70. The van der Waals surface area contributed by atoms with Gasteiger partial charge in [-0.1, -0.05) is 15.9 Å². The SMILES string of the molecule is CCOc1cc(C(=O)N/N=C\c2cc(Br)ccc2OC)cc(OCC)c1OCC. The molecule has 0 aliphatic carbocycles. The molecule has 0 unspecified atom stereocenters. The van der Waals surface area contributed by atoms with Crippen LogP contribution in [-0.2, 0) is 0 Å². The minimum absolute atomic E-state index is 0.346. The van der Waals surface area contributed by atoms with E-state index in [0.717, 1.165) is 10.0 Å². The molecule has 0 radical (unpaired) electrons. The minimum atomic E-state index is -0.403. The first-order valence-electron chi connectivity index (χ1n) is 9.27. The summed E-state index contributed by atoms with van der Waals surface area (Å²) in [5.74, 6) is 1.62. The molecule has 2 aromatic carbocycles. The van der Waals surface area contributed by atoms with Crippen LogP contribution in [0, 0.1) is 0 Å². The topological polar surface area (TPSA) is 78.4 Å². The lowest BCUT2D eigenvalue weighted by Crippen LogP contribution is -2.18. The van der Waals surface area contributed by atoms with E-state index in [0.29, 0.717) is 48.4 Å². The largest absolute Gasteiger partial charge is 0.496 e. The van der Waals surface area contributed by atoms with Gasteiger partial charge in [-0.2, -0.15) is 5.10 Å². The standard InChI is InChI=1S/C21H25BrN2O5/c1-5-27-18-11-14(12-19(28-6-2)20(18)29-7-3)21(25)24-23-13-15-10-16(22)8-9-17(15)26-4/h8-13H,5-7H2,1-4H3,(H,24,25)/b23-13-. The Bertz CT molecular complexity index is 843. The number of hydrazone groups is 1. The van der Waals surface area contributed by atoms with E-state index in [1.807, 2.05) is 39.0 Å². The van der Waals surface area contributed by atoms with Gasteiger partial charge in [0.2, 0.25) is 5.75 Å². The zero-order valence-electron chi connectivity index (χ0n) is 17.0. The Morgan fingerprint density at radius 1 is 1.00 bits per heavy atom. The summed E-state index contributed by atoms with van der Waals surface area (Å²) in [6.07, 6.45) is 1.52. The molecule has 0 bridgehead atoms. The summed E-state index contributed by atoms with van der Waals surface area (Å²) < 4.78 is 23.1. The van der Waals surface area contributed by atoms with Crippen LogP contribution < -0.4 is 24.4 Å². The lowest BCUT2D eigenvalue weighted by molar-refractivity contribution is 0.0954. The molecular weight excluding hydrogens is 440 g/mol. The van der Waals surface area contributed by atoms with Crippen LogP contribution in [0.5, 0.6) is 23.0 Å². The maximum absolute atomic E-state index is 12.6. The van der Waals surface area contributed by atoms with Crippen molar-refractivity contribution in [3.63, 3.8) is 0 Å². The second-order valence-corrected chi connectivity index (χ2v) is 6.60. The maximum Gasteiger partial charge on any atom is 0.271 e. The van der Waals surface area contributed by atoms with E-state index in [4.69, 9.17) is 18.9 Å². The van der Waals surface area contributed by atoms with Gasteiger partial charge >= 0.3 is 0 Å². The number of halogens is 1. The molecule has 156 valence electrons. The van der Waals surface area contributed by atoms with Gasteiger partial charge in [0, 0.05) is 15.6 Å². The number of carbonyl (C=O) groups is 1. The van der Waals surface area contributed by atoms with Gasteiger partial charge < -0.3 is 18.9 Å². The van der Waals surface area contributed by atoms with Gasteiger partial charge in [0.25, 0.3) is 5.91 Å². The first-order chi connectivity index (χ1) is 14.0. The van der Waals surface area contributed by atoms with Crippen molar-refractivity contribution in [1.29, 1.82) is 0 Å². The third kappa shape index (κ3) is 6.12. The van der Waals surface area contributed by atoms with Gasteiger partial charge in [-0.15, -0.1) is 0 Å². The van der Waals surface area contributed by atoms with E-state index in [1.165, 1.54) is 6.21 Å². The Kier molecular flexibility index (Phi) is 8.79. The van der Waals surface area contributed by atoms with E-state index in [2.05, 4.69) is 26.5 Å². The number of amides is 1. The van der Waals surface area contributed by atoms with Crippen molar-refractivity contribution in [1.82, 2.24) is 5.43 Å². The zero-order valence-corrected chi connectivity index (χ0v) is 18.5. The molecule has 0 saturated heterocycles. The van der Waals surface area contributed by atoms with Gasteiger partial charge in [-0.05, 0) is 51.1 Å². The van der Waals surface area contributed by atoms with Gasteiger partial charge in [-0.25, -0.2) is 5.43 Å². The van der Waals surface area contributed by atoms with Gasteiger partial charge in [-0.3, -0.25) is 4.79 Å². The highest BCUT2D eigenvalue weighted by molar-refractivity contribution is 9.10. The first-order valence-corrected chi connectivity index (χ1v) is 10.1. The Morgan fingerprint density at radius 2 is 1.62 bits per heavy atom. The fraction of sp³-hybridized carbons (Fsp3) is 0.333. The molecule has 7 nitrogen and oxygen atoms in total. The summed E-state index contributed by atoms with van der Waals surface area (Å²) in [5.41, 5.74) is 3.58. The molecule has 2 aromatic rings. The molecule has 1 N–H and O–H groups in total. The number of carbonyl (C=O) groups excluding carboxylic acids is 1. The van der Waals surface area contributed by atoms with E-state index in [-0.39, 0.29) is 0 Å². The van der Waals surface area contributed by atoms with Crippen LogP contribution in [0.2, 0.25) is 0 Å². The quantitative estimate of drug-likeness (QED) is 0.415. The van der Waals surface area contributed by atoms with Crippen molar-refractivity contribution >= 4 is 28.1 Å². The van der Waals surface area contributed by atoms with Gasteiger partial charge in [0.05, 0.1) is 33.1 Å². The van der Waals surface area contributed by atoms with E-state index in [1.54, 1.807) is 19.2 Å². The lowest BCUT2D eigenvalue weighted by Gasteiger charge is -2.16. The number of hydrogen-bond donors (Lipinski definition) is 1. The predicted molar refractivity (Wildman–Crippen MR) is 116 cm³/mol. The molecular formula is C21H25BrN2O5. The highest BCUT2D eigenvalue weighted by Crippen LogP contribution is 2.39. The van der Waals surface area contributed by atoms with Crippen molar-refractivity contribution in [2.45, 2.75) is 20.8 Å². The number of benzene rings is 2. The molecule has 0 atom stereocenters. The molecule has 0 aromatic heterocycles. The summed E-state index contributed by atoms with van der Waals surface area (Å²) in [5, 5.41) is 4.04. The number of nitrogens with one attached hydrogen (secondary N) is 1. The van der Waals surface area contributed by atoms with Crippen molar-refractivity contribution in [3.8, 4) is 23.0 Å². The summed E-state index contributed by atoms with van der Waals surface area (Å²) in [6.45, 7) is 6.90. The second kappa shape index (κ2) is 11.3. The van der Waals surface area contributed by atoms with Crippen LogP contribution in [0.15, 0.2) is 39.9 Å². The van der Waals surface area contributed by atoms with Crippen LogP contribution in [0.25, 0.3) is 0 Å². The number of methoxy groups -OCH3 is 1. The number of ether oxygens (including phenoxy) is 4. The number of hydrogen-bond acceptors (Lipinski definition) is 6. The zero-order chi connectivity index (χ0) is 21.2. The molecule has 0 aliphatic heterocycles. The Labute approximate surface area is 179 Å². The first kappa shape index (κ1) is 22.5. The summed E-state index contributed by atoms with van der Waals surface area (Å²) in [6, 6.07) is 8.73. The van der Waals surface area contributed by atoms with Crippen LogP contribution in [0.4, 0.5) is 0 Å². The van der Waals surface area contributed by atoms with Gasteiger partial charge in [0.1, 0.15) is 5.75 Å². The Morgan fingerprint density at radius 3 is 2.17 bits per heavy atom. The third-order valence-electron chi connectivity index (χ3n) is 3.73. The summed E-state index contributed by atoms with van der Waals surface area (Å²) in [4.78, 5) is 12.6. The van der Waals surface area contributed by atoms with Crippen molar-refractivity contribution in [2.24, 2.45) is 5.10 Å². The molecule has 2 rings (SSSR count).